The molecule has 0 amide bonds. The molecule has 0 aliphatic carbocycles. The molecule has 0 spiro atoms. The SMILES string of the molecule is Cc1ccccc1S(=O)(=O)N[C@@H](Cc1ccccc1)C(=O)C(Cl)C(=O)C(Cl)C(=O)[C@H](Cc1ccccc1)NS(=O)(=O)c1ccccc1C. The Morgan fingerprint density at radius 2 is 0.833 bits per heavy atom. The van der Waals surface area contributed by atoms with E-state index in [9.17, 15) is 31.2 Å². The van der Waals surface area contributed by atoms with Gasteiger partial charge in [-0.05, 0) is 61.1 Å². The van der Waals surface area contributed by atoms with Crippen molar-refractivity contribution in [1.82, 2.24) is 9.44 Å². The zero-order valence-electron chi connectivity index (χ0n) is 26.0. The number of hydrogen-bond acceptors (Lipinski definition) is 7. The molecule has 2 unspecified atom stereocenters. The van der Waals surface area contributed by atoms with Crippen molar-refractivity contribution in [2.75, 3.05) is 0 Å². The van der Waals surface area contributed by atoms with Crippen molar-refractivity contribution in [3.63, 3.8) is 0 Å². The van der Waals surface area contributed by atoms with E-state index in [1.54, 1.807) is 98.8 Å². The van der Waals surface area contributed by atoms with Gasteiger partial charge < -0.3 is 0 Å². The van der Waals surface area contributed by atoms with E-state index in [0.717, 1.165) is 0 Å². The lowest BCUT2D eigenvalue weighted by atomic mass is 9.95. The number of sulfonamides is 2. The van der Waals surface area contributed by atoms with E-state index in [-0.39, 0.29) is 22.6 Å². The van der Waals surface area contributed by atoms with Crippen molar-refractivity contribution in [2.24, 2.45) is 0 Å². The number of halogens is 2. The Labute approximate surface area is 290 Å². The van der Waals surface area contributed by atoms with Crippen LogP contribution < -0.4 is 9.44 Å². The zero-order chi connectivity index (χ0) is 35.1. The molecule has 0 radical (unpaired) electrons. The Kier molecular flexibility index (Phi) is 12.5. The van der Waals surface area contributed by atoms with Gasteiger partial charge in [0.05, 0.1) is 21.9 Å². The third kappa shape index (κ3) is 9.25. The Morgan fingerprint density at radius 3 is 1.17 bits per heavy atom. The van der Waals surface area contributed by atoms with Crippen LogP contribution in [0.15, 0.2) is 119 Å². The lowest BCUT2D eigenvalue weighted by Crippen LogP contribution is -2.52. The van der Waals surface area contributed by atoms with Crippen molar-refractivity contribution >= 4 is 60.6 Å². The number of ketones is 3. The number of hydrogen-bond donors (Lipinski definition) is 2. The van der Waals surface area contributed by atoms with Gasteiger partial charge in [-0.25, -0.2) is 26.3 Å². The molecule has 9 nitrogen and oxygen atoms in total. The largest absolute Gasteiger partial charge is 0.296 e. The van der Waals surface area contributed by atoms with Gasteiger partial charge in [-0.2, -0.15) is 0 Å². The molecule has 4 rings (SSSR count). The molecule has 0 aliphatic rings. The summed E-state index contributed by atoms with van der Waals surface area (Å²) < 4.78 is 58.3. The summed E-state index contributed by atoms with van der Waals surface area (Å²) >= 11 is 12.8. The predicted octanol–water partition coefficient (Wildman–Crippen LogP) is 4.70. The fourth-order valence-corrected chi connectivity index (χ4v) is 8.60. The molecule has 4 atom stereocenters. The first-order valence-corrected chi connectivity index (χ1v) is 18.7. The van der Waals surface area contributed by atoms with Crippen LogP contribution in [0, 0.1) is 13.8 Å². The van der Waals surface area contributed by atoms with Gasteiger partial charge in [-0.1, -0.05) is 97.1 Å². The lowest BCUT2D eigenvalue weighted by molar-refractivity contribution is -0.130. The Balaban J connectivity index is 1.61. The molecule has 0 aliphatic heterocycles. The van der Waals surface area contributed by atoms with Crippen LogP contribution in [0.4, 0.5) is 0 Å². The van der Waals surface area contributed by atoms with Crippen LogP contribution in [0.5, 0.6) is 0 Å². The second-order valence-corrected chi connectivity index (χ2v) is 15.4. The minimum absolute atomic E-state index is 0.0663. The van der Waals surface area contributed by atoms with Crippen LogP contribution >= 0.6 is 23.2 Å². The van der Waals surface area contributed by atoms with E-state index in [0.29, 0.717) is 22.3 Å². The van der Waals surface area contributed by atoms with Crippen LogP contribution in [-0.2, 0) is 47.3 Å². The molecule has 0 heterocycles. The lowest BCUT2D eigenvalue weighted by Gasteiger charge is -2.23. The standard InChI is InChI=1S/C35H34Cl2N2O7S2/c1-23-13-9-11-19-29(23)47(43,44)38-27(21-25-15-5-3-6-16-25)33(40)31(36)35(42)32(37)34(41)28(22-26-17-7-4-8-18-26)39-48(45,46)30-20-12-10-14-24(30)2/h3-20,27-28,31-32,38-39H,21-22H2,1-2H3/t27-,28-,31?,32?/m0/s1. The fraction of sp³-hybridized carbons (Fsp3) is 0.229. The highest BCUT2D eigenvalue weighted by molar-refractivity contribution is 7.90. The molecule has 4 aromatic rings. The van der Waals surface area contributed by atoms with Crippen molar-refractivity contribution < 1.29 is 31.2 Å². The first-order chi connectivity index (χ1) is 22.7. The minimum Gasteiger partial charge on any atom is -0.296 e. The van der Waals surface area contributed by atoms with Gasteiger partial charge >= 0.3 is 0 Å². The van der Waals surface area contributed by atoms with Crippen molar-refractivity contribution in [3.8, 4) is 0 Å². The quantitative estimate of drug-likeness (QED) is 0.126. The van der Waals surface area contributed by atoms with E-state index >= 15 is 0 Å². The maximum absolute atomic E-state index is 13.8. The number of carbonyl (C=O) groups is 3. The fourth-order valence-electron chi connectivity index (χ4n) is 5.08. The molecule has 0 saturated heterocycles. The summed E-state index contributed by atoms with van der Waals surface area (Å²) in [4.78, 5) is 40.9. The number of rotatable bonds is 16. The highest BCUT2D eigenvalue weighted by Crippen LogP contribution is 2.21. The van der Waals surface area contributed by atoms with Gasteiger partial charge in [0.15, 0.2) is 28.1 Å². The van der Waals surface area contributed by atoms with Crippen molar-refractivity contribution in [1.29, 1.82) is 0 Å². The summed E-state index contributed by atoms with van der Waals surface area (Å²) in [6.07, 6.45) is -0.315. The molecular formula is C35H34Cl2N2O7S2. The van der Waals surface area contributed by atoms with Crippen LogP contribution in [0.2, 0.25) is 0 Å². The van der Waals surface area contributed by atoms with E-state index in [1.807, 2.05) is 0 Å². The molecule has 4 aromatic carbocycles. The van der Waals surface area contributed by atoms with Crippen molar-refractivity contribution in [2.45, 2.75) is 59.3 Å². The Hall–Kier alpha value is -3.71. The number of Topliss-reactive ketones (excluding diaryl/α,β-unsaturated/α-hetero) is 3. The molecule has 0 bridgehead atoms. The zero-order valence-corrected chi connectivity index (χ0v) is 29.2. The average Bonchev–Trinajstić information content (AvgIpc) is 3.07. The van der Waals surface area contributed by atoms with Crippen LogP contribution in [0.25, 0.3) is 0 Å². The summed E-state index contributed by atoms with van der Waals surface area (Å²) in [7, 11) is -8.53. The monoisotopic (exact) mass is 728 g/mol. The summed E-state index contributed by atoms with van der Waals surface area (Å²) in [5.41, 5.74) is 2.01. The maximum atomic E-state index is 13.8. The van der Waals surface area contributed by atoms with Gasteiger partial charge in [0.2, 0.25) is 20.0 Å². The number of benzene rings is 4. The number of aryl methyl sites for hydroxylation is 2. The van der Waals surface area contributed by atoms with E-state index in [4.69, 9.17) is 23.2 Å². The molecule has 0 fully saturated rings. The Bertz CT molecular complexity index is 1850. The molecule has 0 aromatic heterocycles. The smallest absolute Gasteiger partial charge is 0.241 e. The average molecular weight is 730 g/mol. The first-order valence-electron chi connectivity index (χ1n) is 14.8. The molecule has 48 heavy (non-hydrogen) atoms. The topological polar surface area (TPSA) is 144 Å². The van der Waals surface area contributed by atoms with Crippen LogP contribution in [-0.4, -0.2) is 57.0 Å². The molecule has 2 N–H and O–H groups in total. The first kappa shape index (κ1) is 37.1. The number of carbonyl (C=O) groups excluding carboxylic acids is 3. The van der Waals surface area contributed by atoms with Crippen LogP contribution in [0.1, 0.15) is 22.3 Å². The summed E-state index contributed by atoms with van der Waals surface area (Å²) in [5.74, 6) is -3.27. The normalized spacial score (nSPS) is 14.4. The van der Waals surface area contributed by atoms with E-state index in [2.05, 4.69) is 9.44 Å². The second-order valence-electron chi connectivity index (χ2n) is 11.2. The number of nitrogens with one attached hydrogen (secondary N) is 2. The summed E-state index contributed by atoms with van der Waals surface area (Å²) in [5, 5.41) is -4.09. The Morgan fingerprint density at radius 1 is 0.521 bits per heavy atom. The second kappa shape index (κ2) is 16.1. The molecule has 13 heteroatoms. The molecule has 252 valence electrons. The van der Waals surface area contributed by atoms with Gasteiger partial charge in [0.25, 0.3) is 0 Å². The minimum atomic E-state index is -4.27. The van der Waals surface area contributed by atoms with Gasteiger partial charge in [-0.3, -0.25) is 14.4 Å². The summed E-state index contributed by atoms with van der Waals surface area (Å²) in [6, 6.07) is 26.3. The van der Waals surface area contributed by atoms with Crippen LogP contribution in [0.3, 0.4) is 0 Å². The third-order valence-electron chi connectivity index (χ3n) is 7.61. The third-order valence-corrected chi connectivity index (χ3v) is 11.7. The molecule has 0 saturated carbocycles. The van der Waals surface area contributed by atoms with E-state index in [1.165, 1.54) is 24.3 Å². The maximum Gasteiger partial charge on any atom is 0.241 e. The van der Waals surface area contributed by atoms with E-state index < -0.39 is 60.2 Å². The van der Waals surface area contributed by atoms with Gasteiger partial charge in [0.1, 0.15) is 0 Å². The summed E-state index contributed by atoms with van der Waals surface area (Å²) in [6.45, 7) is 3.19. The number of alkyl halides is 2. The molecular weight excluding hydrogens is 695 g/mol. The predicted molar refractivity (Wildman–Crippen MR) is 185 cm³/mol. The highest BCUT2D eigenvalue weighted by Gasteiger charge is 2.41. The highest BCUT2D eigenvalue weighted by atomic mass is 35.5. The van der Waals surface area contributed by atoms with Crippen molar-refractivity contribution in [3.05, 3.63) is 131 Å². The van der Waals surface area contributed by atoms with Gasteiger partial charge in [0, 0.05) is 0 Å². The van der Waals surface area contributed by atoms with Gasteiger partial charge in [-0.15, -0.1) is 23.2 Å².